The molecule has 1 saturated carbocycles. The largest absolute Gasteiger partial charge is 0.493 e. The van der Waals surface area contributed by atoms with Gasteiger partial charge in [0.2, 0.25) is 0 Å². The maximum atomic E-state index is 6.21. The van der Waals surface area contributed by atoms with E-state index in [-0.39, 0.29) is 0 Å². The summed E-state index contributed by atoms with van der Waals surface area (Å²) in [5, 5.41) is 0. The zero-order chi connectivity index (χ0) is 20.1. The molecule has 0 aromatic heterocycles. The van der Waals surface area contributed by atoms with Crippen molar-refractivity contribution in [1.29, 1.82) is 0 Å². The summed E-state index contributed by atoms with van der Waals surface area (Å²) in [6.07, 6.45) is 14.1. The predicted octanol–water partition coefficient (Wildman–Crippen LogP) is 6.44. The molecule has 0 unspecified atom stereocenters. The highest BCUT2D eigenvalue weighted by molar-refractivity contribution is 7.99. The Balaban J connectivity index is 1.31. The fourth-order valence-corrected chi connectivity index (χ4v) is 6.29. The highest BCUT2D eigenvalue weighted by Crippen LogP contribution is 2.39. The molecule has 0 radical (unpaired) electrons. The van der Waals surface area contributed by atoms with Crippen molar-refractivity contribution in [3.63, 3.8) is 0 Å². The van der Waals surface area contributed by atoms with Crippen LogP contribution >= 0.6 is 11.8 Å². The van der Waals surface area contributed by atoms with Crippen LogP contribution in [0.25, 0.3) is 6.08 Å². The summed E-state index contributed by atoms with van der Waals surface area (Å²) < 4.78 is 6.21. The van der Waals surface area contributed by atoms with Crippen molar-refractivity contribution < 1.29 is 4.74 Å². The number of piperidine rings is 1. The molecular formula is C26H39NOS. The predicted molar refractivity (Wildman–Crippen MR) is 127 cm³/mol. The van der Waals surface area contributed by atoms with Gasteiger partial charge in [-0.05, 0) is 111 Å². The minimum atomic E-state index is 0.481. The van der Waals surface area contributed by atoms with Gasteiger partial charge in [-0.3, -0.25) is 0 Å². The van der Waals surface area contributed by atoms with Crippen LogP contribution < -0.4 is 4.74 Å². The van der Waals surface area contributed by atoms with Gasteiger partial charge in [-0.25, -0.2) is 0 Å². The van der Waals surface area contributed by atoms with Crippen molar-refractivity contribution in [1.82, 2.24) is 4.90 Å². The van der Waals surface area contributed by atoms with Crippen molar-refractivity contribution in [3.8, 4) is 5.75 Å². The molecule has 3 fully saturated rings. The molecule has 4 rings (SSSR count). The minimum absolute atomic E-state index is 0.481. The molecule has 0 N–H and O–H groups in total. The van der Waals surface area contributed by atoms with Crippen LogP contribution in [-0.2, 0) is 6.42 Å². The number of aryl methyl sites for hydroxylation is 1. The van der Waals surface area contributed by atoms with E-state index in [0.717, 1.165) is 30.7 Å². The standard InChI is InChI=1S/C26H39NOS/c1-3-22-7-8-25(28-20-21-10-17-29-18-11-21)19-23(22)9-12-26(2)13-15-27(16-14-26)24-5-4-6-24/h3,7-8,19,21,24H,1,4-6,9-18,20H2,2H3. The third-order valence-electron chi connectivity index (χ3n) is 7.76. The first kappa shape index (κ1) is 21.3. The summed E-state index contributed by atoms with van der Waals surface area (Å²) in [5.74, 6) is 4.38. The van der Waals surface area contributed by atoms with Crippen LogP contribution in [0.5, 0.6) is 5.75 Å². The lowest BCUT2D eigenvalue weighted by atomic mass is 9.74. The summed E-state index contributed by atoms with van der Waals surface area (Å²) in [4.78, 5) is 2.76. The molecule has 0 amide bonds. The van der Waals surface area contributed by atoms with E-state index < -0.39 is 0 Å². The van der Waals surface area contributed by atoms with E-state index in [4.69, 9.17) is 4.74 Å². The lowest BCUT2D eigenvalue weighted by Gasteiger charge is -2.45. The van der Waals surface area contributed by atoms with E-state index in [9.17, 15) is 0 Å². The Morgan fingerprint density at radius 3 is 2.59 bits per heavy atom. The number of likely N-dealkylation sites (tertiary alicyclic amines) is 1. The smallest absolute Gasteiger partial charge is 0.119 e. The first-order chi connectivity index (χ1) is 14.1. The number of thioether (sulfide) groups is 1. The van der Waals surface area contributed by atoms with E-state index in [1.807, 2.05) is 6.08 Å². The Morgan fingerprint density at radius 2 is 1.93 bits per heavy atom. The Kier molecular flexibility index (Phi) is 7.29. The lowest BCUT2D eigenvalue weighted by molar-refractivity contribution is 0.0475. The zero-order valence-corrected chi connectivity index (χ0v) is 19.2. The van der Waals surface area contributed by atoms with Gasteiger partial charge in [0, 0.05) is 6.04 Å². The van der Waals surface area contributed by atoms with Crippen LogP contribution in [0.3, 0.4) is 0 Å². The number of benzene rings is 1. The minimum Gasteiger partial charge on any atom is -0.493 e. The average molecular weight is 414 g/mol. The topological polar surface area (TPSA) is 12.5 Å². The first-order valence-corrected chi connectivity index (χ1v) is 13.0. The molecule has 2 heterocycles. The summed E-state index contributed by atoms with van der Waals surface area (Å²) in [6.45, 7) is 10.0. The number of ether oxygens (including phenoxy) is 1. The summed E-state index contributed by atoms with van der Waals surface area (Å²) >= 11 is 2.08. The molecule has 0 bridgehead atoms. The number of nitrogens with zero attached hydrogens (tertiary/aromatic N) is 1. The maximum absolute atomic E-state index is 6.21. The SMILES string of the molecule is C=Cc1ccc(OCC2CCSCC2)cc1CCC1(C)CCN(C2CCC2)CC1. The summed E-state index contributed by atoms with van der Waals surface area (Å²) in [6, 6.07) is 7.54. The molecule has 2 nitrogen and oxygen atoms in total. The second-order valence-corrected chi connectivity index (χ2v) is 11.1. The van der Waals surface area contributed by atoms with Gasteiger partial charge < -0.3 is 9.64 Å². The van der Waals surface area contributed by atoms with Crippen molar-refractivity contribution in [2.24, 2.45) is 11.3 Å². The van der Waals surface area contributed by atoms with Gasteiger partial charge in [0.15, 0.2) is 0 Å². The van der Waals surface area contributed by atoms with Gasteiger partial charge in [-0.1, -0.05) is 32.1 Å². The Bertz CT molecular complexity index is 669. The summed E-state index contributed by atoms with van der Waals surface area (Å²) in [7, 11) is 0. The maximum Gasteiger partial charge on any atom is 0.119 e. The number of hydrogen-bond acceptors (Lipinski definition) is 3. The molecule has 29 heavy (non-hydrogen) atoms. The zero-order valence-electron chi connectivity index (χ0n) is 18.3. The fourth-order valence-electron chi connectivity index (χ4n) is 5.08. The van der Waals surface area contributed by atoms with Crippen molar-refractivity contribution in [3.05, 3.63) is 35.9 Å². The van der Waals surface area contributed by atoms with E-state index in [1.165, 1.54) is 87.1 Å². The average Bonchev–Trinajstić information content (AvgIpc) is 2.72. The third kappa shape index (κ3) is 5.61. The normalized spacial score (nSPS) is 23.5. The second-order valence-electron chi connectivity index (χ2n) is 9.86. The van der Waals surface area contributed by atoms with Gasteiger partial charge >= 0.3 is 0 Å². The highest BCUT2D eigenvalue weighted by atomic mass is 32.2. The van der Waals surface area contributed by atoms with E-state index in [1.54, 1.807) is 0 Å². The number of rotatable bonds is 8. The van der Waals surface area contributed by atoms with Gasteiger partial charge in [0.1, 0.15) is 5.75 Å². The molecule has 0 spiro atoms. The van der Waals surface area contributed by atoms with E-state index in [2.05, 4.69) is 48.4 Å². The molecule has 3 aliphatic rings. The molecule has 160 valence electrons. The van der Waals surface area contributed by atoms with Crippen LogP contribution in [0, 0.1) is 11.3 Å². The molecule has 2 aliphatic heterocycles. The molecular weight excluding hydrogens is 374 g/mol. The molecule has 1 aromatic rings. The van der Waals surface area contributed by atoms with Crippen molar-refractivity contribution in [2.75, 3.05) is 31.2 Å². The van der Waals surface area contributed by atoms with Crippen molar-refractivity contribution in [2.45, 2.75) is 70.8 Å². The van der Waals surface area contributed by atoms with Gasteiger partial charge in [-0.15, -0.1) is 0 Å². The van der Waals surface area contributed by atoms with Crippen LogP contribution in [0.15, 0.2) is 24.8 Å². The van der Waals surface area contributed by atoms with Gasteiger partial charge in [0.25, 0.3) is 0 Å². The second kappa shape index (κ2) is 9.92. The molecule has 0 atom stereocenters. The van der Waals surface area contributed by atoms with Crippen LogP contribution in [0.4, 0.5) is 0 Å². The van der Waals surface area contributed by atoms with E-state index in [0.29, 0.717) is 5.41 Å². The third-order valence-corrected chi connectivity index (χ3v) is 8.80. The van der Waals surface area contributed by atoms with Crippen LogP contribution in [0.1, 0.15) is 69.4 Å². The monoisotopic (exact) mass is 413 g/mol. The van der Waals surface area contributed by atoms with Gasteiger partial charge in [-0.2, -0.15) is 11.8 Å². The molecule has 1 aromatic carbocycles. The van der Waals surface area contributed by atoms with Crippen molar-refractivity contribution >= 4 is 17.8 Å². The van der Waals surface area contributed by atoms with E-state index >= 15 is 0 Å². The molecule has 3 heteroatoms. The first-order valence-electron chi connectivity index (χ1n) is 11.9. The highest BCUT2D eigenvalue weighted by Gasteiger charge is 2.34. The van der Waals surface area contributed by atoms with Crippen LogP contribution in [-0.4, -0.2) is 42.1 Å². The number of hydrogen-bond donors (Lipinski definition) is 0. The molecule has 1 aliphatic carbocycles. The lowest BCUT2D eigenvalue weighted by Crippen LogP contribution is -2.47. The Hall–Kier alpha value is -0.930. The quantitative estimate of drug-likeness (QED) is 0.486. The van der Waals surface area contributed by atoms with Gasteiger partial charge in [0.05, 0.1) is 6.61 Å². The summed E-state index contributed by atoms with van der Waals surface area (Å²) in [5.41, 5.74) is 3.18. The van der Waals surface area contributed by atoms with Crippen LogP contribution in [0.2, 0.25) is 0 Å². The Morgan fingerprint density at radius 1 is 1.17 bits per heavy atom. The fraction of sp³-hybridized carbons (Fsp3) is 0.692. The molecule has 2 saturated heterocycles. The Labute approximate surface area is 182 Å².